The quantitative estimate of drug-likeness (QED) is 0.737. The van der Waals surface area contributed by atoms with Crippen molar-refractivity contribution in [1.82, 2.24) is 19.5 Å². The van der Waals surface area contributed by atoms with E-state index in [1.54, 1.807) is 25.9 Å². The van der Waals surface area contributed by atoms with E-state index in [9.17, 15) is 4.79 Å². The van der Waals surface area contributed by atoms with Crippen LogP contribution in [0.15, 0.2) is 11.1 Å². The van der Waals surface area contributed by atoms with Crippen molar-refractivity contribution >= 4 is 17.1 Å². The SMILES string of the molecule is COC[C@H]1O[C@@H](n2cnc3c(=O)[nH]c(N)nc32)C(OC)[C@H]1OC. The Morgan fingerprint density at radius 3 is 2.74 bits per heavy atom. The summed E-state index contributed by atoms with van der Waals surface area (Å²) in [4.78, 5) is 22.5. The van der Waals surface area contributed by atoms with Crippen LogP contribution in [-0.4, -0.2) is 65.8 Å². The molecule has 126 valence electrons. The highest BCUT2D eigenvalue weighted by atomic mass is 16.6. The van der Waals surface area contributed by atoms with E-state index < -0.39 is 17.9 Å². The third kappa shape index (κ3) is 2.59. The van der Waals surface area contributed by atoms with Crippen molar-refractivity contribution in [3.63, 3.8) is 0 Å². The number of nitrogen functional groups attached to an aromatic ring is 1. The van der Waals surface area contributed by atoms with E-state index in [0.717, 1.165) is 0 Å². The fourth-order valence-electron chi connectivity index (χ4n) is 2.90. The molecule has 23 heavy (non-hydrogen) atoms. The first-order valence-electron chi connectivity index (χ1n) is 7.03. The highest BCUT2D eigenvalue weighted by molar-refractivity contribution is 5.70. The summed E-state index contributed by atoms with van der Waals surface area (Å²) in [5.41, 5.74) is 5.72. The van der Waals surface area contributed by atoms with Crippen LogP contribution in [0.2, 0.25) is 0 Å². The van der Waals surface area contributed by atoms with Crippen molar-refractivity contribution in [1.29, 1.82) is 0 Å². The van der Waals surface area contributed by atoms with Gasteiger partial charge in [0.2, 0.25) is 5.95 Å². The van der Waals surface area contributed by atoms with Crippen LogP contribution in [0.3, 0.4) is 0 Å². The van der Waals surface area contributed by atoms with Gasteiger partial charge in [-0.05, 0) is 0 Å². The van der Waals surface area contributed by atoms with Gasteiger partial charge in [-0.1, -0.05) is 0 Å². The van der Waals surface area contributed by atoms with Gasteiger partial charge in [0.15, 0.2) is 17.4 Å². The van der Waals surface area contributed by atoms with E-state index in [1.165, 1.54) is 6.33 Å². The monoisotopic (exact) mass is 325 g/mol. The van der Waals surface area contributed by atoms with Gasteiger partial charge in [-0.3, -0.25) is 14.3 Å². The molecule has 2 aromatic heterocycles. The average molecular weight is 325 g/mol. The van der Waals surface area contributed by atoms with Crippen LogP contribution >= 0.6 is 0 Å². The first kappa shape index (κ1) is 15.9. The zero-order valence-corrected chi connectivity index (χ0v) is 13.1. The summed E-state index contributed by atoms with van der Waals surface area (Å²) in [6, 6.07) is 0. The van der Waals surface area contributed by atoms with E-state index in [4.69, 9.17) is 24.7 Å². The molecular weight excluding hydrogens is 306 g/mol. The van der Waals surface area contributed by atoms with Crippen LogP contribution in [0.1, 0.15) is 6.23 Å². The maximum absolute atomic E-state index is 11.9. The van der Waals surface area contributed by atoms with Gasteiger partial charge in [0.25, 0.3) is 5.56 Å². The standard InChI is InChI=1S/C13H19N5O5/c1-20-4-6-8(21-2)9(22-3)12(23-6)18-5-15-7-10(18)16-13(14)17-11(7)19/h5-6,8-9,12H,4H2,1-3H3,(H3,14,16,17,19)/t6-,8+,9?,12-/m1/s1. The molecule has 0 bridgehead atoms. The van der Waals surface area contributed by atoms with Crippen molar-refractivity contribution in [2.45, 2.75) is 24.5 Å². The molecule has 0 radical (unpaired) electrons. The second-order valence-electron chi connectivity index (χ2n) is 5.20. The Morgan fingerprint density at radius 2 is 2.09 bits per heavy atom. The highest BCUT2D eigenvalue weighted by Gasteiger charge is 2.46. The third-order valence-corrected chi connectivity index (χ3v) is 3.89. The number of hydrogen-bond acceptors (Lipinski definition) is 8. The Kier molecular flexibility index (Phi) is 4.31. The molecule has 10 nitrogen and oxygen atoms in total. The number of anilines is 1. The lowest BCUT2D eigenvalue weighted by atomic mass is 10.1. The second-order valence-corrected chi connectivity index (χ2v) is 5.20. The molecule has 0 aromatic carbocycles. The van der Waals surface area contributed by atoms with Crippen LogP contribution in [0.25, 0.3) is 11.2 Å². The van der Waals surface area contributed by atoms with Crippen LogP contribution in [0.4, 0.5) is 5.95 Å². The number of rotatable bonds is 5. The van der Waals surface area contributed by atoms with Gasteiger partial charge in [0.1, 0.15) is 18.3 Å². The van der Waals surface area contributed by atoms with Gasteiger partial charge in [0, 0.05) is 21.3 Å². The number of imidazole rings is 1. The molecule has 10 heteroatoms. The third-order valence-electron chi connectivity index (χ3n) is 3.89. The summed E-state index contributed by atoms with van der Waals surface area (Å²) in [6.07, 6.45) is -0.160. The summed E-state index contributed by atoms with van der Waals surface area (Å²) >= 11 is 0. The van der Waals surface area contributed by atoms with Crippen molar-refractivity contribution < 1.29 is 18.9 Å². The minimum absolute atomic E-state index is 0.00736. The maximum Gasteiger partial charge on any atom is 0.280 e. The average Bonchev–Trinajstić information content (AvgIpc) is 3.08. The first-order valence-corrected chi connectivity index (χ1v) is 7.03. The number of H-pyrrole nitrogens is 1. The molecule has 3 N–H and O–H groups in total. The number of nitrogens with one attached hydrogen (secondary N) is 1. The Morgan fingerprint density at radius 1 is 1.35 bits per heavy atom. The minimum atomic E-state index is -0.566. The lowest BCUT2D eigenvalue weighted by Crippen LogP contribution is -2.36. The topological polar surface area (TPSA) is 127 Å². The fraction of sp³-hybridized carbons (Fsp3) is 0.615. The molecule has 2 aromatic rings. The Balaban J connectivity index is 2.05. The molecule has 1 saturated heterocycles. The van der Waals surface area contributed by atoms with Gasteiger partial charge in [0.05, 0.1) is 12.9 Å². The van der Waals surface area contributed by atoms with Gasteiger partial charge in [-0.2, -0.15) is 4.98 Å². The molecule has 3 heterocycles. The number of aromatic amines is 1. The molecule has 1 unspecified atom stereocenters. The molecular formula is C13H19N5O5. The second kappa shape index (κ2) is 6.24. The fourth-order valence-corrected chi connectivity index (χ4v) is 2.90. The van der Waals surface area contributed by atoms with E-state index >= 15 is 0 Å². The van der Waals surface area contributed by atoms with E-state index in [1.807, 2.05) is 0 Å². The van der Waals surface area contributed by atoms with Gasteiger partial charge in [-0.15, -0.1) is 0 Å². The summed E-state index contributed by atoms with van der Waals surface area (Å²) in [5.74, 6) is 0.00736. The van der Waals surface area contributed by atoms with Gasteiger partial charge in [-0.25, -0.2) is 4.98 Å². The highest BCUT2D eigenvalue weighted by Crippen LogP contribution is 2.34. The van der Waals surface area contributed by atoms with Crippen molar-refractivity contribution in [2.75, 3.05) is 33.7 Å². The van der Waals surface area contributed by atoms with Crippen LogP contribution in [0, 0.1) is 0 Å². The van der Waals surface area contributed by atoms with E-state index in [0.29, 0.717) is 12.3 Å². The number of methoxy groups -OCH3 is 3. The minimum Gasteiger partial charge on any atom is -0.382 e. The molecule has 1 fully saturated rings. The van der Waals surface area contributed by atoms with Crippen molar-refractivity contribution in [3.05, 3.63) is 16.7 Å². The predicted molar refractivity (Wildman–Crippen MR) is 79.9 cm³/mol. The number of hydrogen-bond donors (Lipinski definition) is 2. The molecule has 0 saturated carbocycles. The summed E-state index contributed by atoms with van der Waals surface area (Å²) in [7, 11) is 4.73. The molecule has 0 aliphatic carbocycles. The Labute approximate surface area is 131 Å². The van der Waals surface area contributed by atoms with E-state index in [2.05, 4.69) is 15.0 Å². The summed E-state index contributed by atoms with van der Waals surface area (Å²) in [5, 5.41) is 0. The van der Waals surface area contributed by atoms with Crippen molar-refractivity contribution in [3.8, 4) is 0 Å². The van der Waals surface area contributed by atoms with Crippen LogP contribution in [-0.2, 0) is 18.9 Å². The largest absolute Gasteiger partial charge is 0.382 e. The summed E-state index contributed by atoms with van der Waals surface area (Å²) in [6.45, 7) is 0.345. The van der Waals surface area contributed by atoms with Gasteiger partial charge < -0.3 is 24.7 Å². The maximum atomic E-state index is 11.9. The van der Waals surface area contributed by atoms with Crippen LogP contribution in [0.5, 0.6) is 0 Å². The number of fused-ring (bicyclic) bond motifs is 1. The van der Waals surface area contributed by atoms with Gasteiger partial charge >= 0.3 is 0 Å². The molecule has 0 spiro atoms. The zero-order valence-electron chi connectivity index (χ0n) is 13.1. The van der Waals surface area contributed by atoms with E-state index in [-0.39, 0.29) is 23.7 Å². The number of aromatic nitrogens is 4. The zero-order chi connectivity index (χ0) is 16.6. The number of nitrogens with zero attached hydrogens (tertiary/aromatic N) is 3. The molecule has 1 aliphatic heterocycles. The Bertz CT molecular complexity index is 744. The summed E-state index contributed by atoms with van der Waals surface area (Å²) < 4.78 is 23.8. The molecule has 1 aliphatic rings. The van der Waals surface area contributed by atoms with Crippen LogP contribution < -0.4 is 11.3 Å². The molecule has 3 rings (SSSR count). The van der Waals surface area contributed by atoms with Crippen molar-refractivity contribution in [2.24, 2.45) is 0 Å². The Hall–Kier alpha value is -2.01. The molecule has 0 amide bonds. The number of ether oxygens (including phenoxy) is 4. The molecule has 4 atom stereocenters. The lowest BCUT2D eigenvalue weighted by Gasteiger charge is -2.21. The predicted octanol–water partition coefficient (Wildman–Crippen LogP) is -0.724. The number of nitrogens with two attached hydrogens (primary N) is 1. The normalized spacial score (nSPS) is 27.8. The smallest absolute Gasteiger partial charge is 0.280 e. The lowest BCUT2D eigenvalue weighted by molar-refractivity contribution is -0.0636. The first-order chi connectivity index (χ1) is 11.1.